The van der Waals surface area contributed by atoms with E-state index in [1.807, 2.05) is 30.3 Å². The molecule has 2 N–H and O–H groups in total. The molecular formula is C15H25N3O2S. The number of hydrogen-bond donors (Lipinski definition) is 2. The van der Waals surface area contributed by atoms with E-state index < -0.39 is 10.0 Å². The molecule has 21 heavy (non-hydrogen) atoms. The molecule has 0 amide bonds. The van der Waals surface area contributed by atoms with Gasteiger partial charge in [0.15, 0.2) is 0 Å². The van der Waals surface area contributed by atoms with Crippen LogP contribution in [0.5, 0.6) is 0 Å². The molecule has 0 saturated carbocycles. The number of sulfonamides is 1. The lowest BCUT2D eigenvalue weighted by Gasteiger charge is -2.27. The second-order valence-corrected chi connectivity index (χ2v) is 7.32. The lowest BCUT2D eigenvalue weighted by atomic mass is 10.2. The van der Waals surface area contributed by atoms with Gasteiger partial charge in [0, 0.05) is 32.7 Å². The molecule has 1 saturated heterocycles. The summed E-state index contributed by atoms with van der Waals surface area (Å²) in [6.07, 6.45) is 1.43. The molecule has 118 valence electrons. The summed E-state index contributed by atoms with van der Waals surface area (Å²) >= 11 is 0. The fourth-order valence-corrected chi connectivity index (χ4v) is 3.54. The van der Waals surface area contributed by atoms with Gasteiger partial charge in [0.2, 0.25) is 10.0 Å². The van der Waals surface area contributed by atoms with Gasteiger partial charge in [0.05, 0.1) is 5.75 Å². The Balaban J connectivity index is 1.62. The molecule has 0 aliphatic carbocycles. The zero-order valence-electron chi connectivity index (χ0n) is 12.4. The van der Waals surface area contributed by atoms with E-state index in [0.29, 0.717) is 13.0 Å². The third kappa shape index (κ3) is 6.56. The maximum atomic E-state index is 11.9. The van der Waals surface area contributed by atoms with Crippen molar-refractivity contribution in [2.24, 2.45) is 0 Å². The van der Waals surface area contributed by atoms with E-state index in [-0.39, 0.29) is 5.75 Å². The molecule has 2 rings (SSSR count). The quantitative estimate of drug-likeness (QED) is 0.684. The van der Waals surface area contributed by atoms with Gasteiger partial charge >= 0.3 is 0 Å². The van der Waals surface area contributed by atoms with Gasteiger partial charge < -0.3 is 10.2 Å². The smallest absolute Gasteiger partial charge is 0.211 e. The number of nitrogens with zero attached hydrogens (tertiary/aromatic N) is 1. The summed E-state index contributed by atoms with van der Waals surface area (Å²) < 4.78 is 26.5. The first-order valence-electron chi connectivity index (χ1n) is 7.60. The standard InChI is InChI=1S/C15H25N3O2S/c19-21(20,14-7-15-5-2-1-3-6-15)17-8-4-11-18-12-9-16-10-13-18/h1-3,5-6,16-17H,4,7-14H2. The van der Waals surface area contributed by atoms with Crippen molar-refractivity contribution in [1.82, 2.24) is 14.9 Å². The monoisotopic (exact) mass is 311 g/mol. The number of nitrogens with one attached hydrogen (secondary N) is 2. The molecule has 5 nitrogen and oxygen atoms in total. The van der Waals surface area contributed by atoms with Crippen LogP contribution < -0.4 is 10.0 Å². The fourth-order valence-electron chi connectivity index (χ4n) is 2.43. The maximum Gasteiger partial charge on any atom is 0.211 e. The van der Waals surface area contributed by atoms with E-state index >= 15 is 0 Å². The largest absolute Gasteiger partial charge is 0.314 e. The Kier molecular flexibility index (Phi) is 6.63. The van der Waals surface area contributed by atoms with Crippen LogP contribution in [0, 0.1) is 0 Å². The molecule has 0 radical (unpaired) electrons. The third-order valence-electron chi connectivity index (χ3n) is 3.68. The summed E-state index contributed by atoms with van der Waals surface area (Å²) in [5.41, 5.74) is 1.06. The topological polar surface area (TPSA) is 61.4 Å². The van der Waals surface area contributed by atoms with Crippen molar-refractivity contribution in [2.45, 2.75) is 12.8 Å². The molecule has 0 bridgehead atoms. The average molecular weight is 311 g/mol. The molecule has 1 aromatic carbocycles. The van der Waals surface area contributed by atoms with Crippen LogP contribution in [0.15, 0.2) is 30.3 Å². The van der Waals surface area contributed by atoms with Crippen molar-refractivity contribution in [1.29, 1.82) is 0 Å². The van der Waals surface area contributed by atoms with Crippen LogP contribution in [0.3, 0.4) is 0 Å². The van der Waals surface area contributed by atoms with Crippen LogP contribution in [0.2, 0.25) is 0 Å². The molecule has 1 heterocycles. The van der Waals surface area contributed by atoms with E-state index in [4.69, 9.17) is 0 Å². The van der Waals surface area contributed by atoms with E-state index in [2.05, 4.69) is 14.9 Å². The highest BCUT2D eigenvalue weighted by Gasteiger charge is 2.11. The minimum Gasteiger partial charge on any atom is -0.314 e. The second-order valence-electron chi connectivity index (χ2n) is 5.39. The Morgan fingerprint density at radius 1 is 1.14 bits per heavy atom. The molecule has 6 heteroatoms. The van der Waals surface area contributed by atoms with Crippen molar-refractivity contribution < 1.29 is 8.42 Å². The first kappa shape index (κ1) is 16.4. The van der Waals surface area contributed by atoms with E-state index in [9.17, 15) is 8.42 Å². The van der Waals surface area contributed by atoms with Gasteiger partial charge in [-0.3, -0.25) is 0 Å². The van der Waals surface area contributed by atoms with Crippen LogP contribution in [0.4, 0.5) is 0 Å². The summed E-state index contributed by atoms with van der Waals surface area (Å²) in [5.74, 6) is 0.157. The predicted molar refractivity (Wildman–Crippen MR) is 85.9 cm³/mol. The van der Waals surface area contributed by atoms with Crippen LogP contribution in [0.1, 0.15) is 12.0 Å². The van der Waals surface area contributed by atoms with Crippen molar-refractivity contribution in [2.75, 3.05) is 45.0 Å². The van der Waals surface area contributed by atoms with Gasteiger partial charge in [-0.05, 0) is 24.9 Å². The van der Waals surface area contributed by atoms with Crippen LogP contribution in [-0.4, -0.2) is 58.3 Å². The van der Waals surface area contributed by atoms with Gasteiger partial charge in [-0.2, -0.15) is 0 Å². The first-order chi connectivity index (χ1) is 10.2. The average Bonchev–Trinajstić information content (AvgIpc) is 2.52. The third-order valence-corrected chi connectivity index (χ3v) is 5.07. The first-order valence-corrected chi connectivity index (χ1v) is 9.25. The SMILES string of the molecule is O=S(=O)(CCc1ccccc1)NCCCN1CCNCC1. The highest BCUT2D eigenvalue weighted by molar-refractivity contribution is 7.89. The Bertz CT molecular complexity index is 499. The van der Waals surface area contributed by atoms with Crippen LogP contribution >= 0.6 is 0 Å². The van der Waals surface area contributed by atoms with Crippen LogP contribution in [-0.2, 0) is 16.4 Å². The minimum absolute atomic E-state index is 0.157. The summed E-state index contributed by atoms with van der Waals surface area (Å²) in [4.78, 5) is 2.37. The van der Waals surface area contributed by atoms with Gasteiger partial charge in [-0.1, -0.05) is 30.3 Å². The highest BCUT2D eigenvalue weighted by Crippen LogP contribution is 2.01. The lowest BCUT2D eigenvalue weighted by molar-refractivity contribution is 0.239. The summed E-state index contributed by atoms with van der Waals surface area (Å²) in [6.45, 7) is 5.66. The van der Waals surface area contributed by atoms with Crippen molar-refractivity contribution in [3.63, 3.8) is 0 Å². The molecule has 0 unspecified atom stereocenters. The van der Waals surface area contributed by atoms with Gasteiger partial charge in [0.25, 0.3) is 0 Å². The zero-order valence-corrected chi connectivity index (χ0v) is 13.2. The number of piperazine rings is 1. The summed E-state index contributed by atoms with van der Waals surface area (Å²) in [6, 6.07) is 9.72. The van der Waals surface area contributed by atoms with Crippen molar-refractivity contribution in [3.05, 3.63) is 35.9 Å². The lowest BCUT2D eigenvalue weighted by Crippen LogP contribution is -2.44. The van der Waals surface area contributed by atoms with Crippen molar-refractivity contribution in [3.8, 4) is 0 Å². The normalized spacial score (nSPS) is 17.0. The molecule has 1 aliphatic rings. The van der Waals surface area contributed by atoms with Crippen molar-refractivity contribution >= 4 is 10.0 Å². The Morgan fingerprint density at radius 2 is 1.86 bits per heavy atom. The van der Waals surface area contributed by atoms with Gasteiger partial charge in [-0.15, -0.1) is 0 Å². The Morgan fingerprint density at radius 3 is 2.57 bits per heavy atom. The predicted octanol–water partition coefficient (Wildman–Crippen LogP) is 0.444. The highest BCUT2D eigenvalue weighted by atomic mass is 32.2. The molecule has 1 aliphatic heterocycles. The van der Waals surface area contributed by atoms with E-state index in [1.165, 1.54) is 0 Å². The number of benzene rings is 1. The molecular weight excluding hydrogens is 286 g/mol. The zero-order chi connectivity index (χ0) is 15.0. The number of rotatable bonds is 8. The molecule has 1 fully saturated rings. The molecule has 0 spiro atoms. The Labute approximate surface area is 127 Å². The molecule has 0 atom stereocenters. The second kappa shape index (κ2) is 8.48. The number of hydrogen-bond acceptors (Lipinski definition) is 4. The Hall–Kier alpha value is -0.950. The summed E-state index contributed by atoms with van der Waals surface area (Å²) in [5, 5.41) is 3.31. The van der Waals surface area contributed by atoms with E-state index in [0.717, 1.165) is 44.7 Å². The molecule has 0 aromatic heterocycles. The van der Waals surface area contributed by atoms with Gasteiger partial charge in [0.1, 0.15) is 0 Å². The molecule has 1 aromatic rings. The van der Waals surface area contributed by atoms with Crippen LogP contribution in [0.25, 0.3) is 0 Å². The maximum absolute atomic E-state index is 11.9. The van der Waals surface area contributed by atoms with E-state index in [1.54, 1.807) is 0 Å². The summed E-state index contributed by atoms with van der Waals surface area (Å²) in [7, 11) is -3.16. The minimum atomic E-state index is -3.16. The van der Waals surface area contributed by atoms with Gasteiger partial charge in [-0.25, -0.2) is 13.1 Å². The fraction of sp³-hybridized carbons (Fsp3) is 0.600. The number of aryl methyl sites for hydroxylation is 1.